The topological polar surface area (TPSA) is 87.2 Å². The summed E-state index contributed by atoms with van der Waals surface area (Å²) in [6.07, 6.45) is 4.77. The van der Waals surface area contributed by atoms with Gasteiger partial charge in [0.25, 0.3) is 0 Å². The van der Waals surface area contributed by atoms with Gasteiger partial charge in [-0.15, -0.1) is 18.3 Å². The van der Waals surface area contributed by atoms with Crippen LogP contribution in [0.3, 0.4) is 0 Å². The summed E-state index contributed by atoms with van der Waals surface area (Å²) in [7, 11) is 0. The van der Waals surface area contributed by atoms with E-state index in [-0.39, 0.29) is 42.2 Å². The highest BCUT2D eigenvalue weighted by Gasteiger charge is 2.76. The normalized spacial score (nSPS) is 33.5. The number of hydrogen-bond donors (Lipinski definition) is 1. The molecule has 0 aliphatic carbocycles. The highest BCUT2D eigenvalue weighted by atomic mass is 32.2. The van der Waals surface area contributed by atoms with Gasteiger partial charge in [0.2, 0.25) is 11.8 Å². The summed E-state index contributed by atoms with van der Waals surface area (Å²) in [5.41, 5.74) is 0. The van der Waals surface area contributed by atoms with E-state index in [4.69, 9.17) is 4.74 Å². The van der Waals surface area contributed by atoms with E-state index >= 15 is 0 Å². The number of aliphatic hydroxyl groups excluding tert-OH is 1. The maximum Gasteiger partial charge on any atom is 0.310 e. The van der Waals surface area contributed by atoms with Gasteiger partial charge in [-0.2, -0.15) is 0 Å². The van der Waals surface area contributed by atoms with Crippen molar-refractivity contribution in [3.8, 4) is 0 Å². The van der Waals surface area contributed by atoms with Gasteiger partial charge in [-0.3, -0.25) is 14.4 Å². The Balaban J connectivity index is 2.03. The second-order valence-electron chi connectivity index (χ2n) is 8.84. The monoisotopic (exact) mass is 452 g/mol. The molecule has 0 saturated carbocycles. The quantitative estimate of drug-likeness (QED) is 0.382. The van der Waals surface area contributed by atoms with Gasteiger partial charge in [0.15, 0.2) is 0 Å². The standard InChI is InChI=1S/C23H36N2O5S/c1-5-8-11-24(10-6-2)21(28)19-23-15(4)14-16(31-23)17(22(29)30-7-3)18(23)20(27)25(19)12-9-13-26/h6,15-19,26H,2,5,7-14H2,1,3-4H3/t15?,16-,17+,18-,19?,23?/m0/s1. The average Bonchev–Trinajstić information content (AvgIpc) is 3.33. The van der Waals surface area contributed by atoms with Crippen LogP contribution in [0, 0.1) is 17.8 Å². The summed E-state index contributed by atoms with van der Waals surface area (Å²) in [6, 6.07) is -0.627. The number of thioether (sulfide) groups is 1. The van der Waals surface area contributed by atoms with Gasteiger partial charge in [0, 0.05) is 31.5 Å². The molecule has 3 heterocycles. The summed E-state index contributed by atoms with van der Waals surface area (Å²) in [5, 5.41) is 9.42. The molecule has 7 nitrogen and oxygen atoms in total. The molecule has 3 rings (SSSR count). The van der Waals surface area contributed by atoms with Gasteiger partial charge in [-0.1, -0.05) is 26.3 Å². The zero-order chi connectivity index (χ0) is 22.8. The molecule has 3 aliphatic heterocycles. The first kappa shape index (κ1) is 24.1. The lowest BCUT2D eigenvalue weighted by molar-refractivity contribution is -0.154. The van der Waals surface area contributed by atoms with Crippen molar-refractivity contribution in [1.82, 2.24) is 9.80 Å². The Morgan fingerprint density at radius 1 is 1.39 bits per heavy atom. The number of amides is 2. The minimum absolute atomic E-state index is 0.00166. The Bertz CT molecular complexity index is 716. The average molecular weight is 453 g/mol. The first-order valence-electron chi connectivity index (χ1n) is 11.5. The van der Waals surface area contributed by atoms with E-state index in [1.54, 1.807) is 34.6 Å². The van der Waals surface area contributed by atoms with Crippen molar-refractivity contribution in [1.29, 1.82) is 0 Å². The summed E-state index contributed by atoms with van der Waals surface area (Å²) in [6.45, 7) is 11.3. The lowest BCUT2D eigenvalue weighted by atomic mass is 9.66. The molecule has 0 aromatic heterocycles. The van der Waals surface area contributed by atoms with Crippen molar-refractivity contribution >= 4 is 29.5 Å². The Morgan fingerprint density at radius 3 is 2.74 bits per heavy atom. The van der Waals surface area contributed by atoms with E-state index in [0.717, 1.165) is 19.3 Å². The van der Waals surface area contributed by atoms with E-state index in [1.165, 1.54) is 0 Å². The Labute approximate surface area is 189 Å². The molecule has 3 saturated heterocycles. The first-order valence-corrected chi connectivity index (χ1v) is 12.4. The molecular formula is C23H36N2O5S. The minimum Gasteiger partial charge on any atom is -0.466 e. The van der Waals surface area contributed by atoms with Crippen molar-refractivity contribution in [2.75, 3.05) is 32.8 Å². The number of ether oxygens (including phenoxy) is 1. The molecule has 1 N–H and O–H groups in total. The maximum absolute atomic E-state index is 13.9. The van der Waals surface area contributed by atoms with Crippen molar-refractivity contribution in [2.24, 2.45) is 17.8 Å². The molecular weight excluding hydrogens is 416 g/mol. The van der Waals surface area contributed by atoms with Gasteiger partial charge in [-0.05, 0) is 32.1 Å². The van der Waals surface area contributed by atoms with Crippen molar-refractivity contribution in [2.45, 2.75) is 62.5 Å². The fraction of sp³-hybridized carbons (Fsp3) is 0.783. The Hall–Kier alpha value is -1.54. The third-order valence-electron chi connectivity index (χ3n) is 7.04. The number of hydrogen-bond acceptors (Lipinski definition) is 6. The summed E-state index contributed by atoms with van der Waals surface area (Å²) >= 11 is 1.66. The third-order valence-corrected chi connectivity index (χ3v) is 9.11. The number of aliphatic hydroxyl groups is 1. The van der Waals surface area contributed by atoms with Crippen molar-refractivity contribution in [3.05, 3.63) is 12.7 Å². The molecule has 0 aromatic rings. The van der Waals surface area contributed by atoms with Crippen molar-refractivity contribution in [3.63, 3.8) is 0 Å². The van der Waals surface area contributed by atoms with Crippen LogP contribution >= 0.6 is 11.8 Å². The van der Waals surface area contributed by atoms with Gasteiger partial charge < -0.3 is 19.6 Å². The molecule has 6 atom stereocenters. The number of esters is 1. The second-order valence-corrected chi connectivity index (χ2v) is 10.4. The molecule has 8 heteroatoms. The minimum atomic E-state index is -0.628. The second kappa shape index (κ2) is 9.94. The van der Waals surface area contributed by atoms with E-state index in [9.17, 15) is 19.5 Å². The van der Waals surface area contributed by atoms with E-state index in [1.807, 2.05) is 0 Å². The first-order chi connectivity index (χ1) is 14.9. The molecule has 2 amide bonds. The van der Waals surface area contributed by atoms with Crippen LogP contribution in [-0.4, -0.2) is 81.6 Å². The van der Waals surface area contributed by atoms with Crippen LogP contribution < -0.4 is 0 Å². The highest BCUT2D eigenvalue weighted by Crippen LogP contribution is 2.68. The van der Waals surface area contributed by atoms with Crippen LogP contribution in [0.15, 0.2) is 12.7 Å². The smallest absolute Gasteiger partial charge is 0.310 e. The Morgan fingerprint density at radius 2 is 2.13 bits per heavy atom. The SMILES string of the molecule is C=CCN(CCCC)C(=O)C1N(CCCO)C(=O)[C@@H]2[C@H](C(=O)OCC)[C@@H]3CC(C)C12S3. The number of carbonyl (C=O) groups is 3. The Kier molecular flexibility index (Phi) is 7.73. The number of nitrogens with zero attached hydrogens (tertiary/aromatic N) is 2. The maximum atomic E-state index is 13.9. The molecule has 1 spiro atoms. The van der Waals surface area contributed by atoms with E-state index in [0.29, 0.717) is 26.1 Å². The number of carbonyl (C=O) groups excluding carboxylic acids is 3. The van der Waals surface area contributed by atoms with Gasteiger partial charge in [-0.25, -0.2) is 0 Å². The van der Waals surface area contributed by atoms with Gasteiger partial charge >= 0.3 is 5.97 Å². The molecule has 3 fully saturated rings. The summed E-state index contributed by atoms with van der Waals surface area (Å²) in [4.78, 5) is 43.9. The molecule has 0 aromatic carbocycles. The van der Waals surface area contributed by atoms with Gasteiger partial charge in [0.1, 0.15) is 6.04 Å². The number of unbranched alkanes of at least 4 members (excludes halogenated alkanes) is 1. The summed E-state index contributed by atoms with van der Waals surface area (Å²) in [5.74, 6) is -1.45. The lowest BCUT2D eigenvalue weighted by Crippen LogP contribution is -2.57. The highest BCUT2D eigenvalue weighted by molar-refractivity contribution is 8.02. The molecule has 0 radical (unpaired) electrons. The molecule has 3 aliphatic rings. The fourth-order valence-corrected chi connectivity index (χ4v) is 8.16. The largest absolute Gasteiger partial charge is 0.466 e. The number of fused-ring (bicyclic) bond motifs is 1. The van der Waals surface area contributed by atoms with Crippen LogP contribution in [0.25, 0.3) is 0 Å². The zero-order valence-corrected chi connectivity index (χ0v) is 19.7. The molecule has 2 bridgehead atoms. The van der Waals surface area contributed by atoms with Crippen molar-refractivity contribution < 1.29 is 24.2 Å². The fourth-order valence-electron chi connectivity index (χ4n) is 5.76. The molecule has 174 valence electrons. The lowest BCUT2D eigenvalue weighted by Gasteiger charge is -2.40. The molecule has 31 heavy (non-hydrogen) atoms. The van der Waals surface area contributed by atoms with Crippen LogP contribution in [0.5, 0.6) is 0 Å². The van der Waals surface area contributed by atoms with Crippen LogP contribution in [0.4, 0.5) is 0 Å². The predicted molar refractivity (Wildman–Crippen MR) is 120 cm³/mol. The van der Waals surface area contributed by atoms with Crippen LogP contribution in [-0.2, 0) is 19.1 Å². The van der Waals surface area contributed by atoms with Crippen LogP contribution in [0.2, 0.25) is 0 Å². The predicted octanol–water partition coefficient (Wildman–Crippen LogP) is 2.08. The number of likely N-dealkylation sites (tertiary alicyclic amines) is 1. The summed E-state index contributed by atoms with van der Waals surface area (Å²) < 4.78 is 4.72. The number of rotatable bonds is 11. The van der Waals surface area contributed by atoms with E-state index in [2.05, 4.69) is 20.4 Å². The third kappa shape index (κ3) is 3.90. The van der Waals surface area contributed by atoms with Crippen LogP contribution in [0.1, 0.15) is 46.5 Å². The van der Waals surface area contributed by atoms with Gasteiger partial charge in [0.05, 0.1) is 23.2 Å². The molecule has 3 unspecified atom stereocenters. The van der Waals surface area contributed by atoms with E-state index < -0.39 is 22.6 Å². The zero-order valence-electron chi connectivity index (χ0n) is 18.9.